The molecule has 0 bridgehead atoms. The maximum absolute atomic E-state index is 9.10. The Morgan fingerprint density at radius 3 is 3.07 bits per heavy atom. The molecule has 1 fully saturated rings. The summed E-state index contributed by atoms with van der Waals surface area (Å²) in [6, 6.07) is 0.173. The molecular weight excluding hydrogens is 194 g/mol. The first-order chi connectivity index (χ1) is 7.36. The fourth-order valence-electron chi connectivity index (χ4n) is 1.63. The summed E-state index contributed by atoms with van der Waals surface area (Å²) in [5.74, 6) is 0. The monoisotopic (exact) mass is 217 g/mol. The highest BCUT2D eigenvalue weighted by Gasteiger charge is 2.16. The van der Waals surface area contributed by atoms with Crippen LogP contribution in [-0.2, 0) is 9.47 Å². The summed E-state index contributed by atoms with van der Waals surface area (Å²) in [7, 11) is 0. The van der Waals surface area contributed by atoms with Crippen LogP contribution in [0, 0.1) is 0 Å². The van der Waals surface area contributed by atoms with Crippen LogP contribution in [0.25, 0.3) is 0 Å². The summed E-state index contributed by atoms with van der Waals surface area (Å²) in [6.45, 7) is 5.51. The second-order valence-corrected chi connectivity index (χ2v) is 3.98. The minimum Gasteiger partial charge on any atom is -0.395 e. The molecule has 15 heavy (non-hydrogen) atoms. The number of ether oxygens (including phenoxy) is 2. The molecule has 0 spiro atoms. The average molecular weight is 217 g/mol. The first-order valence-electron chi connectivity index (χ1n) is 5.90. The molecule has 4 heteroatoms. The quantitative estimate of drug-likeness (QED) is 0.623. The van der Waals surface area contributed by atoms with E-state index in [-0.39, 0.29) is 18.8 Å². The zero-order valence-electron chi connectivity index (χ0n) is 9.58. The van der Waals surface area contributed by atoms with Gasteiger partial charge < -0.3 is 19.9 Å². The van der Waals surface area contributed by atoms with Crippen molar-refractivity contribution in [1.29, 1.82) is 0 Å². The van der Waals surface area contributed by atoms with Crippen molar-refractivity contribution in [1.82, 2.24) is 5.32 Å². The summed E-state index contributed by atoms with van der Waals surface area (Å²) in [5.41, 5.74) is 0. The molecule has 90 valence electrons. The fraction of sp³-hybridized carbons (Fsp3) is 1.00. The third-order valence-electron chi connectivity index (χ3n) is 2.61. The molecule has 2 unspecified atom stereocenters. The van der Waals surface area contributed by atoms with Crippen LogP contribution in [0.15, 0.2) is 0 Å². The first-order valence-corrected chi connectivity index (χ1v) is 5.90. The summed E-state index contributed by atoms with van der Waals surface area (Å²) in [4.78, 5) is 0. The smallest absolute Gasteiger partial charge is 0.0830 e. The molecule has 4 nitrogen and oxygen atoms in total. The van der Waals surface area contributed by atoms with Crippen LogP contribution in [0.5, 0.6) is 0 Å². The molecule has 2 N–H and O–H groups in total. The molecule has 0 aromatic carbocycles. The van der Waals surface area contributed by atoms with Crippen molar-refractivity contribution in [3.8, 4) is 0 Å². The molecule has 1 heterocycles. The van der Waals surface area contributed by atoms with E-state index in [0.717, 1.165) is 39.0 Å². The molecular formula is C11H23NO3. The Labute approximate surface area is 92.0 Å². The van der Waals surface area contributed by atoms with Gasteiger partial charge in [-0.2, -0.15) is 0 Å². The molecule has 0 aromatic heterocycles. The van der Waals surface area contributed by atoms with E-state index in [0.29, 0.717) is 6.61 Å². The fourth-order valence-corrected chi connectivity index (χ4v) is 1.63. The van der Waals surface area contributed by atoms with Gasteiger partial charge >= 0.3 is 0 Å². The highest BCUT2D eigenvalue weighted by Crippen LogP contribution is 2.08. The Balaban J connectivity index is 2.00. The SMILES string of the molecule is CCCNC(CO)CCOC1CCOC1. The molecule has 0 amide bonds. The van der Waals surface area contributed by atoms with Crippen LogP contribution in [0.4, 0.5) is 0 Å². The lowest BCUT2D eigenvalue weighted by molar-refractivity contribution is 0.0347. The number of nitrogens with one attached hydrogen (secondary N) is 1. The normalized spacial score (nSPS) is 23.2. The number of rotatable bonds is 8. The Bertz CT molecular complexity index is 149. The average Bonchev–Trinajstić information content (AvgIpc) is 2.76. The van der Waals surface area contributed by atoms with Crippen LogP contribution in [-0.4, -0.2) is 50.2 Å². The standard InChI is InChI=1S/C11H23NO3/c1-2-5-12-10(8-13)3-7-15-11-4-6-14-9-11/h10-13H,2-9H2,1H3. The lowest BCUT2D eigenvalue weighted by Crippen LogP contribution is -2.34. The van der Waals surface area contributed by atoms with Gasteiger partial charge in [0.25, 0.3) is 0 Å². The molecule has 0 aliphatic carbocycles. The zero-order chi connectivity index (χ0) is 10.9. The van der Waals surface area contributed by atoms with Gasteiger partial charge in [0.1, 0.15) is 0 Å². The van der Waals surface area contributed by atoms with Gasteiger partial charge in [-0.3, -0.25) is 0 Å². The van der Waals surface area contributed by atoms with E-state index in [9.17, 15) is 0 Å². The van der Waals surface area contributed by atoms with Crippen LogP contribution in [0.1, 0.15) is 26.2 Å². The zero-order valence-corrected chi connectivity index (χ0v) is 9.58. The van der Waals surface area contributed by atoms with Gasteiger partial charge in [0, 0.05) is 19.3 Å². The van der Waals surface area contributed by atoms with E-state index >= 15 is 0 Å². The lowest BCUT2D eigenvalue weighted by atomic mass is 10.2. The number of hydrogen-bond donors (Lipinski definition) is 2. The molecule has 2 atom stereocenters. The maximum atomic E-state index is 9.10. The summed E-state index contributed by atoms with van der Waals surface area (Å²) in [5, 5.41) is 12.4. The van der Waals surface area contributed by atoms with E-state index in [4.69, 9.17) is 14.6 Å². The van der Waals surface area contributed by atoms with Gasteiger partial charge in [0.05, 0.1) is 19.3 Å². The Kier molecular flexibility index (Phi) is 6.92. The lowest BCUT2D eigenvalue weighted by Gasteiger charge is -2.17. The van der Waals surface area contributed by atoms with Crippen LogP contribution in [0.3, 0.4) is 0 Å². The highest BCUT2D eigenvalue weighted by molar-refractivity contribution is 4.67. The minimum absolute atomic E-state index is 0.173. The molecule has 0 radical (unpaired) electrons. The molecule has 1 rings (SSSR count). The Morgan fingerprint density at radius 2 is 2.47 bits per heavy atom. The van der Waals surface area contributed by atoms with Crippen molar-refractivity contribution < 1.29 is 14.6 Å². The number of aliphatic hydroxyl groups is 1. The predicted molar refractivity (Wildman–Crippen MR) is 59.0 cm³/mol. The third kappa shape index (κ3) is 5.47. The third-order valence-corrected chi connectivity index (χ3v) is 2.61. The van der Waals surface area contributed by atoms with Crippen LogP contribution in [0.2, 0.25) is 0 Å². The Hall–Kier alpha value is -0.160. The van der Waals surface area contributed by atoms with Crippen molar-refractivity contribution in [3.63, 3.8) is 0 Å². The van der Waals surface area contributed by atoms with E-state index < -0.39 is 0 Å². The van der Waals surface area contributed by atoms with E-state index in [1.165, 1.54) is 0 Å². The molecule has 1 saturated heterocycles. The summed E-state index contributed by atoms with van der Waals surface area (Å²) in [6.07, 6.45) is 3.24. The second-order valence-electron chi connectivity index (χ2n) is 3.98. The van der Waals surface area contributed by atoms with Gasteiger partial charge in [0.2, 0.25) is 0 Å². The predicted octanol–water partition coefficient (Wildman–Crippen LogP) is 0.542. The summed E-state index contributed by atoms with van der Waals surface area (Å²) < 4.78 is 10.9. The van der Waals surface area contributed by atoms with Gasteiger partial charge in [0.15, 0.2) is 0 Å². The van der Waals surface area contributed by atoms with Crippen molar-refractivity contribution in [2.75, 3.05) is 33.0 Å². The second kappa shape index (κ2) is 8.05. The topological polar surface area (TPSA) is 50.7 Å². The first kappa shape index (κ1) is 12.9. The van der Waals surface area contributed by atoms with Gasteiger partial charge in [-0.15, -0.1) is 0 Å². The number of hydrogen-bond acceptors (Lipinski definition) is 4. The van der Waals surface area contributed by atoms with Gasteiger partial charge in [-0.1, -0.05) is 6.92 Å². The summed E-state index contributed by atoms with van der Waals surface area (Å²) >= 11 is 0. The van der Waals surface area contributed by atoms with Crippen molar-refractivity contribution in [3.05, 3.63) is 0 Å². The largest absolute Gasteiger partial charge is 0.395 e. The van der Waals surface area contributed by atoms with E-state index in [2.05, 4.69) is 12.2 Å². The van der Waals surface area contributed by atoms with Crippen molar-refractivity contribution in [2.45, 2.75) is 38.3 Å². The van der Waals surface area contributed by atoms with Gasteiger partial charge in [-0.05, 0) is 25.8 Å². The minimum atomic E-state index is 0.173. The molecule has 0 aromatic rings. The molecule has 1 aliphatic heterocycles. The molecule has 1 aliphatic rings. The maximum Gasteiger partial charge on any atom is 0.0830 e. The molecule has 0 saturated carbocycles. The van der Waals surface area contributed by atoms with Crippen molar-refractivity contribution in [2.24, 2.45) is 0 Å². The van der Waals surface area contributed by atoms with E-state index in [1.54, 1.807) is 0 Å². The van der Waals surface area contributed by atoms with E-state index in [1.807, 2.05) is 0 Å². The van der Waals surface area contributed by atoms with Crippen LogP contribution >= 0.6 is 0 Å². The Morgan fingerprint density at radius 1 is 1.60 bits per heavy atom. The van der Waals surface area contributed by atoms with Crippen LogP contribution < -0.4 is 5.32 Å². The number of aliphatic hydroxyl groups excluding tert-OH is 1. The van der Waals surface area contributed by atoms with Crippen molar-refractivity contribution >= 4 is 0 Å². The highest BCUT2D eigenvalue weighted by atomic mass is 16.5. The van der Waals surface area contributed by atoms with Gasteiger partial charge in [-0.25, -0.2) is 0 Å².